The van der Waals surface area contributed by atoms with Gasteiger partial charge >= 0.3 is 5.97 Å². The highest BCUT2D eigenvalue weighted by molar-refractivity contribution is 5.94. The van der Waals surface area contributed by atoms with Gasteiger partial charge < -0.3 is 10.4 Å². The van der Waals surface area contributed by atoms with Gasteiger partial charge in [-0.05, 0) is 19.9 Å². The van der Waals surface area contributed by atoms with Crippen LogP contribution in [-0.4, -0.2) is 32.8 Å². The summed E-state index contributed by atoms with van der Waals surface area (Å²) in [5.41, 5.74) is 2.56. The van der Waals surface area contributed by atoms with Crippen molar-refractivity contribution in [1.29, 1.82) is 0 Å². The molecule has 20 heavy (non-hydrogen) atoms. The van der Waals surface area contributed by atoms with Gasteiger partial charge in [0.05, 0.1) is 5.69 Å². The fourth-order valence-corrected chi connectivity index (χ4v) is 1.73. The number of terminal acetylenes is 1. The van der Waals surface area contributed by atoms with Gasteiger partial charge in [0, 0.05) is 30.8 Å². The molecule has 6 heteroatoms. The Morgan fingerprint density at radius 3 is 2.65 bits per heavy atom. The second-order valence-corrected chi connectivity index (χ2v) is 4.35. The number of hydrogen-bond donors (Lipinski definition) is 2. The molecule has 0 saturated carbocycles. The third-order valence-electron chi connectivity index (χ3n) is 2.90. The van der Waals surface area contributed by atoms with Gasteiger partial charge in [0.25, 0.3) is 0 Å². The van der Waals surface area contributed by atoms with Crippen LogP contribution in [0.15, 0.2) is 6.08 Å². The van der Waals surface area contributed by atoms with Crippen LogP contribution in [-0.2, 0) is 16.6 Å². The van der Waals surface area contributed by atoms with Crippen molar-refractivity contribution in [2.75, 3.05) is 0 Å². The molecule has 1 aromatic heterocycles. The number of aliphatic carboxylic acids is 1. The second-order valence-electron chi connectivity index (χ2n) is 4.35. The summed E-state index contributed by atoms with van der Waals surface area (Å²) in [6.07, 6.45) is 7.90. The molecule has 2 N–H and O–H groups in total. The van der Waals surface area contributed by atoms with E-state index in [9.17, 15) is 9.59 Å². The van der Waals surface area contributed by atoms with Crippen LogP contribution in [0.4, 0.5) is 0 Å². The zero-order valence-electron chi connectivity index (χ0n) is 11.7. The first-order valence-corrected chi connectivity index (χ1v) is 6.01. The third kappa shape index (κ3) is 3.72. The summed E-state index contributed by atoms with van der Waals surface area (Å²) < 4.78 is 1.71. The van der Waals surface area contributed by atoms with Crippen LogP contribution in [0, 0.1) is 26.2 Å². The summed E-state index contributed by atoms with van der Waals surface area (Å²) in [5.74, 6) is 0.558. The lowest BCUT2D eigenvalue weighted by Gasteiger charge is -2.09. The Morgan fingerprint density at radius 1 is 1.55 bits per heavy atom. The lowest BCUT2D eigenvalue weighted by Crippen LogP contribution is -2.39. The Labute approximate surface area is 117 Å². The fourth-order valence-electron chi connectivity index (χ4n) is 1.73. The van der Waals surface area contributed by atoms with Gasteiger partial charge in [0.1, 0.15) is 6.04 Å². The largest absolute Gasteiger partial charge is 0.480 e. The minimum Gasteiger partial charge on any atom is -0.480 e. The minimum absolute atomic E-state index is 0.0557. The van der Waals surface area contributed by atoms with E-state index in [1.165, 1.54) is 6.08 Å². The molecular weight excluding hydrogens is 258 g/mol. The van der Waals surface area contributed by atoms with Crippen molar-refractivity contribution >= 4 is 18.0 Å². The number of nitrogens with one attached hydrogen (secondary N) is 1. The molecular formula is C14H17N3O3. The van der Waals surface area contributed by atoms with E-state index in [0.29, 0.717) is 0 Å². The molecule has 0 aromatic carbocycles. The smallest absolute Gasteiger partial charge is 0.327 e. The van der Waals surface area contributed by atoms with Crippen molar-refractivity contribution in [3.8, 4) is 12.3 Å². The number of carbonyl (C=O) groups is 2. The number of nitrogens with zero attached hydrogens (tertiary/aromatic N) is 2. The maximum atomic E-state index is 11.7. The van der Waals surface area contributed by atoms with Gasteiger partial charge in [0.15, 0.2) is 0 Å². The molecule has 1 unspecified atom stereocenters. The van der Waals surface area contributed by atoms with Crippen molar-refractivity contribution in [2.45, 2.75) is 26.3 Å². The highest BCUT2D eigenvalue weighted by Gasteiger charge is 2.17. The average Bonchev–Trinajstić information content (AvgIpc) is 2.60. The molecule has 0 fully saturated rings. The summed E-state index contributed by atoms with van der Waals surface area (Å²) in [6.45, 7) is 3.72. The average molecular weight is 275 g/mol. The predicted octanol–water partition coefficient (Wildman–Crippen LogP) is 0.643. The van der Waals surface area contributed by atoms with Gasteiger partial charge in [-0.2, -0.15) is 5.10 Å². The van der Waals surface area contributed by atoms with E-state index < -0.39 is 17.9 Å². The normalized spacial score (nSPS) is 12.1. The number of carboxylic acid groups (broad SMARTS) is 1. The second kappa shape index (κ2) is 6.57. The zero-order valence-corrected chi connectivity index (χ0v) is 11.7. The molecule has 0 aliphatic carbocycles. The predicted molar refractivity (Wildman–Crippen MR) is 74.7 cm³/mol. The molecule has 0 bridgehead atoms. The Bertz CT molecular complexity index is 594. The standard InChI is InChI=1S/C14H17N3O3/c1-5-6-12(14(19)20)15-13(18)8-7-11-9(2)16-17(4)10(11)3/h1,7-8,12H,6H2,2-4H3,(H,15,18)(H,19,20)/b8-7+. The number of hydrogen-bond acceptors (Lipinski definition) is 3. The summed E-state index contributed by atoms with van der Waals surface area (Å²) in [4.78, 5) is 22.5. The monoisotopic (exact) mass is 275 g/mol. The van der Waals surface area contributed by atoms with Crippen LogP contribution in [0.2, 0.25) is 0 Å². The topological polar surface area (TPSA) is 84.2 Å². The molecule has 0 spiro atoms. The number of carboxylic acids is 1. The summed E-state index contributed by atoms with van der Waals surface area (Å²) in [7, 11) is 1.81. The Balaban J connectivity index is 2.78. The number of aryl methyl sites for hydroxylation is 2. The van der Waals surface area contributed by atoms with Gasteiger partial charge in [-0.15, -0.1) is 12.3 Å². The van der Waals surface area contributed by atoms with Crippen molar-refractivity contribution in [3.63, 3.8) is 0 Å². The number of carbonyl (C=O) groups excluding carboxylic acids is 1. The minimum atomic E-state index is -1.15. The SMILES string of the molecule is C#CCC(NC(=O)/C=C/c1c(C)nn(C)c1C)C(=O)O. The molecule has 0 aliphatic heterocycles. The van der Waals surface area contributed by atoms with Gasteiger partial charge in [-0.25, -0.2) is 4.79 Å². The van der Waals surface area contributed by atoms with E-state index in [1.54, 1.807) is 10.8 Å². The van der Waals surface area contributed by atoms with E-state index in [2.05, 4.69) is 16.3 Å². The molecule has 1 amide bonds. The maximum Gasteiger partial charge on any atom is 0.327 e. The first kappa shape index (κ1) is 15.5. The van der Waals surface area contributed by atoms with Crippen LogP contribution < -0.4 is 5.32 Å². The molecule has 106 valence electrons. The number of aromatic nitrogens is 2. The van der Waals surface area contributed by atoms with Crippen LogP contribution in [0.3, 0.4) is 0 Å². The summed E-state index contributed by atoms with van der Waals surface area (Å²) in [5, 5.41) is 15.4. The quantitative estimate of drug-likeness (QED) is 0.610. The first-order valence-electron chi connectivity index (χ1n) is 6.01. The highest BCUT2D eigenvalue weighted by Crippen LogP contribution is 2.13. The van der Waals surface area contributed by atoms with Gasteiger partial charge in [-0.1, -0.05) is 0 Å². The van der Waals surface area contributed by atoms with Crippen molar-refractivity contribution in [1.82, 2.24) is 15.1 Å². The molecule has 6 nitrogen and oxygen atoms in total. The van der Waals surface area contributed by atoms with E-state index in [-0.39, 0.29) is 6.42 Å². The molecule has 1 rings (SSSR count). The Hall–Kier alpha value is -2.55. The first-order chi connectivity index (χ1) is 9.36. The van der Waals surface area contributed by atoms with Crippen LogP contribution in [0.25, 0.3) is 6.08 Å². The molecule has 0 aliphatic rings. The van der Waals surface area contributed by atoms with Crippen molar-refractivity contribution < 1.29 is 14.7 Å². The van der Waals surface area contributed by atoms with Crippen LogP contribution >= 0.6 is 0 Å². The fraction of sp³-hybridized carbons (Fsp3) is 0.357. The molecule has 0 saturated heterocycles. The zero-order chi connectivity index (χ0) is 15.3. The van der Waals surface area contributed by atoms with E-state index in [4.69, 9.17) is 11.5 Å². The molecule has 1 atom stereocenters. The Kier molecular flexibility index (Phi) is 5.09. The maximum absolute atomic E-state index is 11.7. The van der Waals surface area contributed by atoms with Crippen molar-refractivity contribution in [2.24, 2.45) is 7.05 Å². The Morgan fingerprint density at radius 2 is 2.20 bits per heavy atom. The summed E-state index contributed by atoms with van der Waals surface area (Å²) >= 11 is 0. The third-order valence-corrected chi connectivity index (χ3v) is 2.90. The van der Waals surface area contributed by atoms with E-state index in [1.807, 2.05) is 20.9 Å². The molecule has 0 radical (unpaired) electrons. The lowest BCUT2D eigenvalue weighted by molar-refractivity contribution is -0.141. The van der Waals surface area contributed by atoms with Crippen molar-refractivity contribution in [3.05, 3.63) is 23.0 Å². The number of rotatable bonds is 5. The lowest BCUT2D eigenvalue weighted by atomic mass is 10.1. The van der Waals surface area contributed by atoms with Crippen LogP contribution in [0.1, 0.15) is 23.4 Å². The molecule has 1 aromatic rings. The van der Waals surface area contributed by atoms with E-state index >= 15 is 0 Å². The van der Waals surface area contributed by atoms with Gasteiger partial charge in [0.2, 0.25) is 5.91 Å². The molecule has 1 heterocycles. The van der Waals surface area contributed by atoms with Gasteiger partial charge in [-0.3, -0.25) is 9.48 Å². The van der Waals surface area contributed by atoms with E-state index in [0.717, 1.165) is 17.0 Å². The van der Waals surface area contributed by atoms with Crippen LogP contribution in [0.5, 0.6) is 0 Å². The number of amides is 1. The highest BCUT2D eigenvalue weighted by atomic mass is 16.4. The summed E-state index contributed by atoms with van der Waals surface area (Å²) in [6, 6.07) is -1.08.